The molecule has 1 aromatic carbocycles. The molecule has 0 saturated heterocycles. The van der Waals surface area contributed by atoms with Gasteiger partial charge in [0.15, 0.2) is 0 Å². The second kappa shape index (κ2) is 7.75. The first kappa shape index (κ1) is 16.9. The molecule has 2 heterocycles. The summed E-state index contributed by atoms with van der Waals surface area (Å²) in [6, 6.07) is 13.5. The summed E-state index contributed by atoms with van der Waals surface area (Å²) in [6.07, 6.45) is 6.47. The molecule has 1 amide bonds. The number of para-hydroxylation sites is 1. The van der Waals surface area contributed by atoms with Gasteiger partial charge in [0.05, 0.1) is 5.52 Å². The summed E-state index contributed by atoms with van der Waals surface area (Å²) in [4.78, 5) is 30.3. The molecule has 0 aliphatic carbocycles. The van der Waals surface area contributed by atoms with Gasteiger partial charge in [-0.1, -0.05) is 18.2 Å². The van der Waals surface area contributed by atoms with Gasteiger partial charge in [-0.15, -0.1) is 0 Å². The number of carbonyl (C=O) groups excluding carboxylic acids is 2. The lowest BCUT2D eigenvalue weighted by Crippen LogP contribution is -2.29. The van der Waals surface area contributed by atoms with Crippen LogP contribution < -0.4 is 0 Å². The molecule has 0 aliphatic rings. The van der Waals surface area contributed by atoms with Crippen LogP contribution in [0, 0.1) is 0 Å². The fraction of sp³-hybridized carbons (Fsp3) is 0.250. The molecule has 0 aliphatic heterocycles. The van der Waals surface area contributed by atoms with Gasteiger partial charge in [0.2, 0.25) is 11.8 Å². The molecule has 0 spiro atoms. The largest absolute Gasteiger partial charge is 0.345 e. The normalized spacial score (nSPS) is 10.8. The Morgan fingerprint density at radius 3 is 2.60 bits per heavy atom. The van der Waals surface area contributed by atoms with Crippen molar-refractivity contribution in [3.8, 4) is 0 Å². The first-order valence-electron chi connectivity index (χ1n) is 8.37. The van der Waals surface area contributed by atoms with Crippen molar-refractivity contribution in [3.05, 3.63) is 66.6 Å². The van der Waals surface area contributed by atoms with E-state index in [9.17, 15) is 9.59 Å². The molecule has 0 bridgehead atoms. The standard InChI is InChI=1S/C20H21N3O2/c1-22(14-10-16-8-12-21-13-9-16)19(24)6-7-20(25)23-15-11-17-4-2-3-5-18(17)23/h2-5,8-9,11-13,15H,6-7,10,14H2,1H3. The molecule has 0 saturated carbocycles. The van der Waals surface area contributed by atoms with Gasteiger partial charge in [0.25, 0.3) is 0 Å². The molecule has 0 atom stereocenters. The van der Waals surface area contributed by atoms with E-state index in [0.29, 0.717) is 6.54 Å². The zero-order valence-corrected chi connectivity index (χ0v) is 14.3. The molecule has 3 rings (SSSR count). The second-order valence-corrected chi connectivity index (χ2v) is 6.06. The third-order valence-electron chi connectivity index (χ3n) is 4.33. The summed E-state index contributed by atoms with van der Waals surface area (Å²) in [6.45, 7) is 0.628. The molecule has 0 radical (unpaired) electrons. The van der Waals surface area contributed by atoms with Gasteiger partial charge in [0, 0.05) is 50.4 Å². The minimum atomic E-state index is -0.0583. The number of amides is 1. The number of pyridine rings is 1. The summed E-state index contributed by atoms with van der Waals surface area (Å²) in [5.74, 6) is -0.0732. The van der Waals surface area contributed by atoms with Crippen LogP contribution in [0.5, 0.6) is 0 Å². The summed E-state index contributed by atoms with van der Waals surface area (Å²) in [7, 11) is 1.78. The lowest BCUT2D eigenvalue weighted by molar-refractivity contribution is -0.129. The van der Waals surface area contributed by atoms with Crippen molar-refractivity contribution in [1.82, 2.24) is 14.5 Å². The second-order valence-electron chi connectivity index (χ2n) is 6.06. The van der Waals surface area contributed by atoms with Gasteiger partial charge >= 0.3 is 0 Å². The molecule has 0 fully saturated rings. The number of aromatic nitrogens is 2. The number of hydrogen-bond donors (Lipinski definition) is 0. The van der Waals surface area contributed by atoms with E-state index >= 15 is 0 Å². The highest BCUT2D eigenvalue weighted by atomic mass is 16.2. The molecule has 3 aromatic rings. The Hall–Kier alpha value is -2.95. The van der Waals surface area contributed by atoms with Gasteiger partial charge in [-0.2, -0.15) is 0 Å². The van der Waals surface area contributed by atoms with Crippen molar-refractivity contribution in [2.75, 3.05) is 13.6 Å². The van der Waals surface area contributed by atoms with Crippen LogP contribution in [-0.2, 0) is 11.2 Å². The molecule has 25 heavy (non-hydrogen) atoms. The van der Waals surface area contributed by atoms with Crippen molar-refractivity contribution in [3.63, 3.8) is 0 Å². The number of carbonyl (C=O) groups is 2. The van der Waals surface area contributed by atoms with E-state index in [-0.39, 0.29) is 24.7 Å². The average molecular weight is 335 g/mol. The summed E-state index contributed by atoms with van der Waals surface area (Å²) >= 11 is 0. The Morgan fingerprint density at radius 2 is 1.80 bits per heavy atom. The molecule has 128 valence electrons. The highest BCUT2D eigenvalue weighted by molar-refractivity contribution is 5.93. The van der Waals surface area contributed by atoms with E-state index in [1.807, 2.05) is 42.5 Å². The Balaban J connectivity index is 1.52. The number of benzene rings is 1. The van der Waals surface area contributed by atoms with Crippen LogP contribution in [0.2, 0.25) is 0 Å². The van der Waals surface area contributed by atoms with Gasteiger partial charge in [-0.25, -0.2) is 0 Å². The predicted octanol–water partition coefficient (Wildman–Crippen LogP) is 3.16. The van der Waals surface area contributed by atoms with E-state index < -0.39 is 0 Å². The maximum Gasteiger partial charge on any atom is 0.231 e. The number of fused-ring (bicyclic) bond motifs is 1. The minimum Gasteiger partial charge on any atom is -0.345 e. The minimum absolute atomic E-state index is 0.0149. The zero-order valence-electron chi connectivity index (χ0n) is 14.3. The van der Waals surface area contributed by atoms with E-state index in [1.165, 1.54) is 0 Å². The summed E-state index contributed by atoms with van der Waals surface area (Å²) in [5, 5.41) is 1.02. The van der Waals surface area contributed by atoms with Crippen LogP contribution in [0.4, 0.5) is 0 Å². The van der Waals surface area contributed by atoms with Gasteiger partial charge in [-0.3, -0.25) is 19.1 Å². The fourth-order valence-electron chi connectivity index (χ4n) is 2.80. The highest BCUT2D eigenvalue weighted by Gasteiger charge is 2.14. The highest BCUT2D eigenvalue weighted by Crippen LogP contribution is 2.16. The first-order chi connectivity index (χ1) is 12.1. The van der Waals surface area contributed by atoms with Crippen LogP contribution in [0.1, 0.15) is 23.2 Å². The smallest absolute Gasteiger partial charge is 0.231 e. The first-order valence-corrected chi connectivity index (χ1v) is 8.37. The van der Waals surface area contributed by atoms with Crippen LogP contribution in [-0.4, -0.2) is 39.9 Å². The lowest BCUT2D eigenvalue weighted by atomic mass is 10.2. The molecular formula is C20H21N3O2. The van der Waals surface area contributed by atoms with Crippen molar-refractivity contribution in [2.45, 2.75) is 19.3 Å². The van der Waals surface area contributed by atoms with Crippen molar-refractivity contribution < 1.29 is 9.59 Å². The van der Waals surface area contributed by atoms with Crippen molar-refractivity contribution in [2.24, 2.45) is 0 Å². The third-order valence-corrected chi connectivity index (χ3v) is 4.33. The van der Waals surface area contributed by atoms with Crippen molar-refractivity contribution >= 4 is 22.7 Å². The number of nitrogens with zero attached hydrogens (tertiary/aromatic N) is 3. The Kier molecular flexibility index (Phi) is 5.23. The molecule has 5 nitrogen and oxygen atoms in total. The van der Waals surface area contributed by atoms with Crippen LogP contribution in [0.25, 0.3) is 10.9 Å². The predicted molar refractivity (Wildman–Crippen MR) is 97.4 cm³/mol. The van der Waals surface area contributed by atoms with Crippen LogP contribution >= 0.6 is 0 Å². The van der Waals surface area contributed by atoms with E-state index in [1.54, 1.807) is 35.1 Å². The molecule has 0 unspecified atom stereocenters. The maximum atomic E-state index is 12.4. The summed E-state index contributed by atoms with van der Waals surface area (Å²) < 4.78 is 1.62. The Morgan fingerprint density at radius 1 is 1.04 bits per heavy atom. The van der Waals surface area contributed by atoms with E-state index in [0.717, 1.165) is 22.9 Å². The Bertz CT molecular complexity index is 871. The van der Waals surface area contributed by atoms with Crippen molar-refractivity contribution in [1.29, 1.82) is 0 Å². The Labute approximate surface area is 146 Å². The van der Waals surface area contributed by atoms with Crippen LogP contribution in [0.3, 0.4) is 0 Å². The lowest BCUT2D eigenvalue weighted by Gasteiger charge is -2.17. The van der Waals surface area contributed by atoms with E-state index in [4.69, 9.17) is 0 Å². The van der Waals surface area contributed by atoms with Gasteiger partial charge in [0.1, 0.15) is 0 Å². The SMILES string of the molecule is CN(CCc1ccncc1)C(=O)CCC(=O)n1ccc2ccccc21. The molecule has 0 N–H and O–H groups in total. The quantitative estimate of drug-likeness (QED) is 0.695. The van der Waals surface area contributed by atoms with Crippen LogP contribution in [0.15, 0.2) is 61.1 Å². The number of likely N-dealkylation sites (N-methyl/N-ethyl adjacent to an activating group) is 1. The van der Waals surface area contributed by atoms with Gasteiger partial charge in [-0.05, 0) is 36.2 Å². The molecule has 2 aromatic heterocycles. The fourth-order valence-corrected chi connectivity index (χ4v) is 2.80. The number of rotatable bonds is 6. The van der Waals surface area contributed by atoms with Gasteiger partial charge < -0.3 is 4.90 Å². The number of hydrogen-bond acceptors (Lipinski definition) is 3. The summed E-state index contributed by atoms with van der Waals surface area (Å²) in [5.41, 5.74) is 2.02. The average Bonchev–Trinajstić information content (AvgIpc) is 3.09. The molecule has 5 heteroatoms. The topological polar surface area (TPSA) is 55.2 Å². The third kappa shape index (κ3) is 4.12. The maximum absolute atomic E-state index is 12.4. The monoisotopic (exact) mass is 335 g/mol. The molecular weight excluding hydrogens is 314 g/mol. The van der Waals surface area contributed by atoms with E-state index in [2.05, 4.69) is 4.98 Å². The zero-order chi connectivity index (χ0) is 17.6.